The van der Waals surface area contributed by atoms with E-state index in [9.17, 15) is 22.0 Å². The van der Waals surface area contributed by atoms with Gasteiger partial charge < -0.3 is 4.52 Å². The van der Waals surface area contributed by atoms with Gasteiger partial charge in [-0.1, -0.05) is 5.16 Å². The van der Waals surface area contributed by atoms with Gasteiger partial charge in [-0.3, -0.25) is 4.79 Å². The molecule has 0 bridgehead atoms. The zero-order chi connectivity index (χ0) is 13.2. The first-order valence-electron chi connectivity index (χ1n) is 4.54. The van der Waals surface area contributed by atoms with Crippen molar-refractivity contribution in [3.05, 3.63) is 11.7 Å². The van der Waals surface area contributed by atoms with E-state index in [4.69, 9.17) is 0 Å². The average molecular weight is 268 g/mol. The van der Waals surface area contributed by atoms with Gasteiger partial charge in [0.25, 0.3) is 6.43 Å². The van der Waals surface area contributed by atoms with Crippen LogP contribution in [0.3, 0.4) is 0 Å². The number of nitrogens with zero attached hydrogens (tertiary/aromatic N) is 2. The van der Waals surface area contributed by atoms with Crippen LogP contribution in [0, 0.1) is 0 Å². The Balaban J connectivity index is 2.83. The lowest BCUT2D eigenvalue weighted by molar-refractivity contribution is -0.129. The Morgan fingerprint density at radius 2 is 2.06 bits per heavy atom. The number of ketones is 1. The highest BCUT2D eigenvalue weighted by molar-refractivity contribution is 7.90. The maximum Gasteiger partial charge on any atom is 0.296 e. The molecule has 0 saturated carbocycles. The molecule has 1 aromatic heterocycles. The van der Waals surface area contributed by atoms with Crippen molar-refractivity contribution >= 4 is 15.6 Å². The summed E-state index contributed by atoms with van der Waals surface area (Å²) in [5, 5.41) is 2.32. The van der Waals surface area contributed by atoms with Crippen LogP contribution in [-0.4, -0.2) is 37.0 Å². The van der Waals surface area contributed by atoms with Crippen LogP contribution in [0.25, 0.3) is 0 Å². The lowest BCUT2D eigenvalue weighted by Crippen LogP contribution is -2.13. The van der Waals surface area contributed by atoms with E-state index in [0.717, 1.165) is 6.26 Å². The molecular weight excluding hydrogens is 258 g/mol. The quantitative estimate of drug-likeness (QED) is 0.774. The lowest BCUT2D eigenvalue weighted by atomic mass is 10.3. The number of sulfone groups is 1. The fourth-order valence-corrected chi connectivity index (χ4v) is 1.40. The summed E-state index contributed by atoms with van der Waals surface area (Å²) in [7, 11) is -3.41. The van der Waals surface area contributed by atoms with E-state index in [1.54, 1.807) is 0 Å². The van der Waals surface area contributed by atoms with E-state index < -0.39 is 33.7 Å². The minimum atomic E-state index is -3.41. The van der Waals surface area contributed by atoms with Crippen LogP contribution in [-0.2, 0) is 21.1 Å². The molecule has 6 nitrogen and oxygen atoms in total. The van der Waals surface area contributed by atoms with Gasteiger partial charge in [-0.15, -0.1) is 0 Å². The molecule has 0 N–H and O–H groups in total. The third kappa shape index (κ3) is 3.55. The number of alkyl halides is 2. The van der Waals surface area contributed by atoms with Crippen molar-refractivity contribution in [2.75, 3.05) is 6.26 Å². The molecule has 17 heavy (non-hydrogen) atoms. The summed E-state index contributed by atoms with van der Waals surface area (Å²) in [5.41, 5.74) is 0. The molecule has 0 aliphatic heterocycles. The zero-order valence-corrected chi connectivity index (χ0v) is 9.87. The standard InChI is InChI=1S/C8H10F2N2O4S/c1-4(17(2,14)15)8-11-6(16-12-8)3-5(13)7(9)10/h4,7H,3H2,1-2H3. The molecule has 1 rings (SSSR count). The molecule has 1 aromatic rings. The number of Topliss-reactive ketones (excluding diaryl/α,β-unsaturated/α-hetero) is 1. The Hall–Kier alpha value is -1.38. The minimum absolute atomic E-state index is 0.149. The number of halogens is 2. The molecule has 1 heterocycles. The summed E-state index contributed by atoms with van der Waals surface area (Å²) in [5.74, 6) is -1.82. The monoisotopic (exact) mass is 268 g/mol. The summed E-state index contributed by atoms with van der Waals surface area (Å²) in [6.45, 7) is 1.33. The zero-order valence-electron chi connectivity index (χ0n) is 9.05. The van der Waals surface area contributed by atoms with Gasteiger partial charge in [-0.05, 0) is 6.92 Å². The molecule has 9 heteroatoms. The number of hydrogen-bond donors (Lipinski definition) is 0. The second-order valence-electron chi connectivity index (χ2n) is 3.46. The second-order valence-corrected chi connectivity index (χ2v) is 5.83. The summed E-state index contributed by atoms with van der Waals surface area (Å²) < 4.78 is 50.7. The largest absolute Gasteiger partial charge is 0.339 e. The van der Waals surface area contributed by atoms with Crippen molar-refractivity contribution in [1.29, 1.82) is 0 Å². The molecule has 1 atom stereocenters. The van der Waals surface area contributed by atoms with Gasteiger partial charge in [0, 0.05) is 6.26 Å². The van der Waals surface area contributed by atoms with E-state index in [1.165, 1.54) is 6.92 Å². The molecule has 96 valence electrons. The topological polar surface area (TPSA) is 90.1 Å². The van der Waals surface area contributed by atoms with Crippen molar-refractivity contribution in [2.45, 2.75) is 25.0 Å². The SMILES string of the molecule is CC(c1noc(CC(=O)C(F)F)n1)S(C)(=O)=O. The minimum Gasteiger partial charge on any atom is -0.339 e. The average Bonchev–Trinajstić information content (AvgIpc) is 2.63. The highest BCUT2D eigenvalue weighted by atomic mass is 32.2. The third-order valence-corrected chi connectivity index (χ3v) is 3.55. The van der Waals surface area contributed by atoms with Crippen LogP contribution in [0.1, 0.15) is 23.9 Å². The van der Waals surface area contributed by atoms with Crippen LogP contribution < -0.4 is 0 Å². The second kappa shape index (κ2) is 4.86. The summed E-state index contributed by atoms with van der Waals surface area (Å²) in [6.07, 6.45) is -2.84. The van der Waals surface area contributed by atoms with E-state index in [2.05, 4.69) is 14.7 Å². The predicted octanol–water partition coefficient (Wildman–Crippen LogP) is 0.552. The van der Waals surface area contributed by atoms with Gasteiger partial charge in [0.2, 0.25) is 11.7 Å². The molecule has 0 saturated heterocycles. The van der Waals surface area contributed by atoms with Crippen LogP contribution in [0.5, 0.6) is 0 Å². The smallest absolute Gasteiger partial charge is 0.296 e. The van der Waals surface area contributed by atoms with E-state index in [0.29, 0.717) is 0 Å². The van der Waals surface area contributed by atoms with Gasteiger partial charge >= 0.3 is 0 Å². The summed E-state index contributed by atoms with van der Waals surface area (Å²) in [6, 6.07) is 0. The van der Waals surface area contributed by atoms with Crippen molar-refractivity contribution in [1.82, 2.24) is 10.1 Å². The van der Waals surface area contributed by atoms with Crippen molar-refractivity contribution in [3.8, 4) is 0 Å². The van der Waals surface area contributed by atoms with Gasteiger partial charge in [-0.2, -0.15) is 4.98 Å². The van der Waals surface area contributed by atoms with E-state index in [-0.39, 0.29) is 11.7 Å². The van der Waals surface area contributed by atoms with Crippen LogP contribution in [0.2, 0.25) is 0 Å². The van der Waals surface area contributed by atoms with Crippen molar-refractivity contribution in [3.63, 3.8) is 0 Å². The predicted molar refractivity (Wildman–Crippen MR) is 52.3 cm³/mol. The first kappa shape index (κ1) is 13.7. The first-order valence-corrected chi connectivity index (χ1v) is 6.49. The van der Waals surface area contributed by atoms with Gasteiger partial charge in [0.1, 0.15) is 5.25 Å². The van der Waals surface area contributed by atoms with Crippen LogP contribution in [0.15, 0.2) is 4.52 Å². The Bertz CT molecular complexity index is 511. The Morgan fingerprint density at radius 3 is 2.53 bits per heavy atom. The van der Waals surface area contributed by atoms with Gasteiger partial charge in [-0.25, -0.2) is 17.2 Å². The molecule has 1 unspecified atom stereocenters. The molecule has 0 radical (unpaired) electrons. The number of carbonyl (C=O) groups excluding carboxylic acids is 1. The Kier molecular flexibility index (Phi) is 3.91. The number of rotatable bonds is 5. The van der Waals surface area contributed by atoms with Gasteiger partial charge in [0.05, 0.1) is 6.42 Å². The van der Waals surface area contributed by atoms with E-state index >= 15 is 0 Å². The molecule has 0 spiro atoms. The number of hydrogen-bond acceptors (Lipinski definition) is 6. The molecule has 0 fully saturated rings. The van der Waals surface area contributed by atoms with Gasteiger partial charge in [0.15, 0.2) is 15.7 Å². The summed E-state index contributed by atoms with van der Waals surface area (Å²) in [4.78, 5) is 14.3. The molecular formula is C8H10F2N2O4S. The number of aromatic nitrogens is 2. The third-order valence-electron chi connectivity index (χ3n) is 2.06. The summed E-state index contributed by atoms with van der Waals surface area (Å²) >= 11 is 0. The van der Waals surface area contributed by atoms with E-state index in [1.807, 2.05) is 0 Å². The molecule has 0 amide bonds. The first-order chi connectivity index (χ1) is 7.71. The normalized spacial score (nSPS) is 13.9. The van der Waals surface area contributed by atoms with Crippen LogP contribution >= 0.6 is 0 Å². The van der Waals surface area contributed by atoms with Crippen molar-refractivity contribution in [2.24, 2.45) is 0 Å². The highest BCUT2D eigenvalue weighted by Gasteiger charge is 2.25. The fourth-order valence-electron chi connectivity index (χ4n) is 0.923. The van der Waals surface area contributed by atoms with Crippen molar-refractivity contribution < 1.29 is 26.5 Å². The van der Waals surface area contributed by atoms with Crippen LogP contribution in [0.4, 0.5) is 8.78 Å². The maximum atomic E-state index is 11.9. The highest BCUT2D eigenvalue weighted by Crippen LogP contribution is 2.17. The Morgan fingerprint density at radius 1 is 1.47 bits per heavy atom. The molecule has 0 aliphatic carbocycles. The fraction of sp³-hybridized carbons (Fsp3) is 0.625. The number of carbonyl (C=O) groups is 1. The molecule has 0 aromatic carbocycles. The Labute approximate surface area is 95.9 Å². The lowest BCUT2D eigenvalue weighted by Gasteiger charge is -2.01. The maximum absolute atomic E-state index is 11.9. The molecule has 0 aliphatic rings.